The summed E-state index contributed by atoms with van der Waals surface area (Å²) in [4.78, 5) is 15.1. The molecule has 0 saturated heterocycles. The summed E-state index contributed by atoms with van der Waals surface area (Å²) in [5, 5.41) is 2.06. The summed E-state index contributed by atoms with van der Waals surface area (Å²) >= 11 is 3.44. The lowest BCUT2D eigenvalue weighted by atomic mass is 10.4. The van der Waals surface area contributed by atoms with Crippen LogP contribution in [0.15, 0.2) is 17.5 Å². The van der Waals surface area contributed by atoms with Gasteiger partial charge in [-0.2, -0.15) is 11.8 Å². The van der Waals surface area contributed by atoms with E-state index < -0.39 is 0 Å². The standard InChI is InChI=1S/C12H19NOS2/c1-3-7-15-10-12(14)13(4-2)9-11-6-5-8-16-11/h5-6,8H,3-4,7,9-10H2,1-2H3. The lowest BCUT2D eigenvalue weighted by Gasteiger charge is -2.19. The van der Waals surface area contributed by atoms with E-state index in [-0.39, 0.29) is 5.91 Å². The van der Waals surface area contributed by atoms with E-state index in [1.165, 1.54) is 4.88 Å². The molecule has 0 spiro atoms. The molecule has 0 atom stereocenters. The SMILES string of the molecule is CCCSCC(=O)N(CC)Cc1cccs1. The predicted molar refractivity (Wildman–Crippen MR) is 73.0 cm³/mol. The Morgan fingerprint density at radius 3 is 2.88 bits per heavy atom. The van der Waals surface area contributed by atoms with Crippen molar-refractivity contribution < 1.29 is 4.79 Å². The topological polar surface area (TPSA) is 20.3 Å². The number of thioether (sulfide) groups is 1. The Hall–Kier alpha value is -0.480. The fraction of sp³-hybridized carbons (Fsp3) is 0.583. The van der Waals surface area contributed by atoms with Crippen LogP contribution in [-0.2, 0) is 11.3 Å². The van der Waals surface area contributed by atoms with E-state index in [1.807, 2.05) is 17.9 Å². The molecule has 0 N–H and O–H groups in total. The maximum atomic E-state index is 11.9. The van der Waals surface area contributed by atoms with Crippen molar-refractivity contribution in [2.75, 3.05) is 18.1 Å². The summed E-state index contributed by atoms with van der Waals surface area (Å²) in [7, 11) is 0. The molecule has 0 aromatic carbocycles. The van der Waals surface area contributed by atoms with Crippen LogP contribution in [0.2, 0.25) is 0 Å². The van der Waals surface area contributed by atoms with E-state index in [2.05, 4.69) is 18.4 Å². The number of thiophene rings is 1. The van der Waals surface area contributed by atoms with Crippen LogP contribution in [0.4, 0.5) is 0 Å². The van der Waals surface area contributed by atoms with E-state index in [0.717, 1.165) is 25.3 Å². The van der Waals surface area contributed by atoms with Gasteiger partial charge in [0, 0.05) is 11.4 Å². The fourth-order valence-corrected chi connectivity index (χ4v) is 2.87. The predicted octanol–water partition coefficient (Wildman–Crippen LogP) is 3.24. The van der Waals surface area contributed by atoms with Crippen molar-refractivity contribution in [3.05, 3.63) is 22.4 Å². The molecule has 0 bridgehead atoms. The first-order valence-electron chi connectivity index (χ1n) is 5.65. The molecule has 16 heavy (non-hydrogen) atoms. The third-order valence-electron chi connectivity index (χ3n) is 2.24. The lowest BCUT2D eigenvalue weighted by Crippen LogP contribution is -2.31. The van der Waals surface area contributed by atoms with Crippen molar-refractivity contribution in [3.8, 4) is 0 Å². The minimum Gasteiger partial charge on any atom is -0.337 e. The van der Waals surface area contributed by atoms with E-state index in [1.54, 1.807) is 23.1 Å². The molecule has 1 heterocycles. The smallest absolute Gasteiger partial charge is 0.232 e. The average molecular weight is 257 g/mol. The summed E-state index contributed by atoms with van der Waals surface area (Å²) in [5.41, 5.74) is 0. The molecule has 0 saturated carbocycles. The summed E-state index contributed by atoms with van der Waals surface area (Å²) in [6.07, 6.45) is 1.13. The molecule has 1 amide bonds. The van der Waals surface area contributed by atoms with Gasteiger partial charge in [-0.15, -0.1) is 11.3 Å². The monoisotopic (exact) mass is 257 g/mol. The van der Waals surface area contributed by atoms with Gasteiger partial charge in [-0.05, 0) is 30.5 Å². The minimum atomic E-state index is 0.259. The zero-order valence-corrected chi connectivity index (χ0v) is 11.6. The zero-order chi connectivity index (χ0) is 11.8. The average Bonchev–Trinajstić information content (AvgIpc) is 2.78. The molecule has 4 heteroatoms. The lowest BCUT2D eigenvalue weighted by molar-refractivity contribution is -0.128. The van der Waals surface area contributed by atoms with Crippen LogP contribution in [0.3, 0.4) is 0 Å². The number of amides is 1. The van der Waals surface area contributed by atoms with Crippen LogP contribution in [-0.4, -0.2) is 28.9 Å². The summed E-state index contributed by atoms with van der Waals surface area (Å²) in [6, 6.07) is 4.12. The Balaban J connectivity index is 2.38. The molecule has 0 aliphatic carbocycles. The van der Waals surface area contributed by atoms with Crippen LogP contribution >= 0.6 is 23.1 Å². The molecular formula is C12H19NOS2. The Morgan fingerprint density at radius 1 is 1.50 bits per heavy atom. The van der Waals surface area contributed by atoms with Crippen molar-refractivity contribution in [2.24, 2.45) is 0 Å². The first-order valence-corrected chi connectivity index (χ1v) is 7.69. The van der Waals surface area contributed by atoms with E-state index in [0.29, 0.717) is 5.75 Å². The van der Waals surface area contributed by atoms with Crippen molar-refractivity contribution >= 4 is 29.0 Å². The molecule has 0 radical (unpaired) electrons. The maximum Gasteiger partial charge on any atom is 0.232 e. The maximum absolute atomic E-state index is 11.9. The van der Waals surface area contributed by atoms with Gasteiger partial charge in [-0.3, -0.25) is 4.79 Å². The highest BCUT2D eigenvalue weighted by Crippen LogP contribution is 2.13. The third-order valence-corrected chi connectivity index (χ3v) is 4.24. The first-order chi connectivity index (χ1) is 7.77. The molecule has 0 aliphatic rings. The van der Waals surface area contributed by atoms with Gasteiger partial charge in [0.15, 0.2) is 0 Å². The number of carbonyl (C=O) groups excluding carboxylic acids is 1. The Kier molecular flexibility index (Phi) is 6.57. The van der Waals surface area contributed by atoms with E-state index in [9.17, 15) is 4.79 Å². The summed E-state index contributed by atoms with van der Waals surface area (Å²) in [6.45, 7) is 5.74. The summed E-state index contributed by atoms with van der Waals surface area (Å²) in [5.74, 6) is 1.95. The first kappa shape index (κ1) is 13.6. The highest BCUT2D eigenvalue weighted by molar-refractivity contribution is 7.99. The van der Waals surface area contributed by atoms with Gasteiger partial charge in [0.05, 0.1) is 12.3 Å². The Morgan fingerprint density at radius 2 is 2.31 bits per heavy atom. The second-order valence-electron chi connectivity index (χ2n) is 3.54. The quantitative estimate of drug-likeness (QED) is 0.699. The van der Waals surface area contributed by atoms with Gasteiger partial charge in [0.1, 0.15) is 0 Å². The zero-order valence-electron chi connectivity index (χ0n) is 9.94. The van der Waals surface area contributed by atoms with Crippen molar-refractivity contribution in [1.82, 2.24) is 4.90 Å². The molecule has 0 aliphatic heterocycles. The molecule has 2 nitrogen and oxygen atoms in total. The highest BCUT2D eigenvalue weighted by Gasteiger charge is 2.11. The highest BCUT2D eigenvalue weighted by atomic mass is 32.2. The largest absolute Gasteiger partial charge is 0.337 e. The molecule has 1 rings (SSSR count). The molecule has 0 unspecified atom stereocenters. The molecular weight excluding hydrogens is 238 g/mol. The van der Waals surface area contributed by atoms with Crippen LogP contribution in [0.5, 0.6) is 0 Å². The normalized spacial score (nSPS) is 10.4. The Bertz CT molecular complexity index is 298. The van der Waals surface area contributed by atoms with Crippen LogP contribution in [0, 0.1) is 0 Å². The van der Waals surface area contributed by atoms with Crippen molar-refractivity contribution in [2.45, 2.75) is 26.8 Å². The molecule has 1 aromatic rings. The van der Waals surface area contributed by atoms with Gasteiger partial charge in [-0.25, -0.2) is 0 Å². The van der Waals surface area contributed by atoms with Gasteiger partial charge in [-0.1, -0.05) is 13.0 Å². The third kappa shape index (κ3) is 4.58. The van der Waals surface area contributed by atoms with Gasteiger partial charge in [0.25, 0.3) is 0 Å². The van der Waals surface area contributed by atoms with Crippen LogP contribution < -0.4 is 0 Å². The van der Waals surface area contributed by atoms with Crippen molar-refractivity contribution in [1.29, 1.82) is 0 Å². The van der Waals surface area contributed by atoms with Crippen molar-refractivity contribution in [3.63, 3.8) is 0 Å². The number of hydrogen-bond donors (Lipinski definition) is 0. The Labute approximate surface area is 106 Å². The number of rotatable bonds is 7. The number of hydrogen-bond acceptors (Lipinski definition) is 3. The fourth-order valence-electron chi connectivity index (χ4n) is 1.36. The number of carbonyl (C=O) groups is 1. The van der Waals surface area contributed by atoms with Crippen LogP contribution in [0.25, 0.3) is 0 Å². The molecule has 90 valence electrons. The second-order valence-corrected chi connectivity index (χ2v) is 5.68. The van der Waals surface area contributed by atoms with E-state index in [4.69, 9.17) is 0 Å². The van der Waals surface area contributed by atoms with E-state index >= 15 is 0 Å². The summed E-state index contributed by atoms with van der Waals surface area (Å²) < 4.78 is 0. The minimum absolute atomic E-state index is 0.259. The molecule has 0 fully saturated rings. The van der Waals surface area contributed by atoms with Gasteiger partial charge < -0.3 is 4.90 Å². The van der Waals surface area contributed by atoms with Gasteiger partial charge >= 0.3 is 0 Å². The second kappa shape index (κ2) is 7.74. The van der Waals surface area contributed by atoms with Crippen LogP contribution in [0.1, 0.15) is 25.1 Å². The number of nitrogens with zero attached hydrogens (tertiary/aromatic N) is 1. The van der Waals surface area contributed by atoms with Gasteiger partial charge in [0.2, 0.25) is 5.91 Å². The molecule has 1 aromatic heterocycles.